The maximum atomic E-state index is 12.2. The van der Waals surface area contributed by atoms with Crippen molar-refractivity contribution in [3.63, 3.8) is 0 Å². The van der Waals surface area contributed by atoms with E-state index in [1.807, 2.05) is 0 Å². The summed E-state index contributed by atoms with van der Waals surface area (Å²) in [7, 11) is 0. The molecule has 1 heterocycles. The number of halogens is 2. The number of carboxylic acid groups (broad SMARTS) is 1. The van der Waals surface area contributed by atoms with Gasteiger partial charge in [-0.3, -0.25) is 9.59 Å². The number of hydrogen-bond acceptors (Lipinski definition) is 5. The maximum absolute atomic E-state index is 12.2. The summed E-state index contributed by atoms with van der Waals surface area (Å²) in [5, 5.41) is 21.2. The van der Waals surface area contributed by atoms with Crippen molar-refractivity contribution in [1.29, 1.82) is 0 Å². The van der Waals surface area contributed by atoms with Crippen LogP contribution in [0.15, 0.2) is 29.5 Å². The molecule has 1 N–H and O–H groups in total. The Hall–Kier alpha value is -2.05. The van der Waals surface area contributed by atoms with E-state index in [2.05, 4.69) is 0 Å². The highest BCUT2D eigenvalue weighted by Crippen LogP contribution is 2.41. The van der Waals surface area contributed by atoms with E-state index in [0.717, 1.165) is 4.90 Å². The Balaban J connectivity index is 2.53. The molecule has 0 aromatic heterocycles. The first kappa shape index (κ1) is 17.3. The first-order valence-electron chi connectivity index (χ1n) is 6.64. The van der Waals surface area contributed by atoms with Crippen LogP contribution in [0.25, 0.3) is 0 Å². The van der Waals surface area contributed by atoms with E-state index in [1.54, 1.807) is 0 Å². The molecule has 0 radical (unpaired) electrons. The minimum absolute atomic E-state index is 0.127. The van der Waals surface area contributed by atoms with Gasteiger partial charge in [0.15, 0.2) is 11.5 Å². The van der Waals surface area contributed by atoms with Gasteiger partial charge in [-0.1, -0.05) is 29.3 Å². The molecule has 1 atom stereocenters. The van der Waals surface area contributed by atoms with Gasteiger partial charge in [0.05, 0.1) is 11.6 Å². The standard InChI is InChI=1S/C15H13Cl2NO5/c1-7(19)12-13(9-3-2-8(16)6-10(9)17)18(5-4-11(20)21)15(23)14(12)22/h2-3,6,13,22H,4-5H2,1H3,(H,20,21)/p-1/t13-/m0/s1. The first-order valence-corrected chi connectivity index (χ1v) is 7.39. The van der Waals surface area contributed by atoms with Crippen LogP contribution < -0.4 is 5.11 Å². The summed E-state index contributed by atoms with van der Waals surface area (Å²) in [6.45, 7) is 0.976. The number of aliphatic hydroxyl groups excluding tert-OH is 1. The van der Waals surface area contributed by atoms with E-state index in [4.69, 9.17) is 23.2 Å². The summed E-state index contributed by atoms with van der Waals surface area (Å²) in [5.41, 5.74) is 0.245. The number of rotatable bonds is 5. The number of amides is 1. The molecule has 0 saturated carbocycles. The van der Waals surface area contributed by atoms with Gasteiger partial charge in [-0.25, -0.2) is 0 Å². The highest BCUT2D eigenvalue weighted by atomic mass is 35.5. The SMILES string of the molecule is CC(=O)C1=C(O)C(=O)N(CCC(=O)[O-])[C@H]1c1ccc(Cl)cc1Cl. The largest absolute Gasteiger partial charge is 0.550 e. The van der Waals surface area contributed by atoms with Crippen molar-refractivity contribution in [2.45, 2.75) is 19.4 Å². The predicted octanol–water partition coefficient (Wildman–Crippen LogP) is 1.42. The lowest BCUT2D eigenvalue weighted by Crippen LogP contribution is -2.35. The second kappa shape index (κ2) is 6.60. The Kier molecular flexibility index (Phi) is 4.97. The van der Waals surface area contributed by atoms with Gasteiger partial charge >= 0.3 is 0 Å². The van der Waals surface area contributed by atoms with Crippen molar-refractivity contribution in [1.82, 2.24) is 4.90 Å². The third-order valence-corrected chi connectivity index (χ3v) is 4.06. The van der Waals surface area contributed by atoms with Gasteiger partial charge in [0.2, 0.25) is 0 Å². The number of carboxylic acids is 1. The Morgan fingerprint density at radius 2 is 2.00 bits per heavy atom. The second-order valence-corrected chi connectivity index (χ2v) is 5.85. The van der Waals surface area contributed by atoms with Crippen molar-refractivity contribution in [2.24, 2.45) is 0 Å². The predicted molar refractivity (Wildman–Crippen MR) is 80.9 cm³/mol. The van der Waals surface area contributed by atoms with E-state index in [0.29, 0.717) is 10.6 Å². The molecule has 1 aromatic carbocycles. The number of hydrogen-bond donors (Lipinski definition) is 1. The van der Waals surface area contributed by atoms with Crippen molar-refractivity contribution in [3.05, 3.63) is 45.1 Å². The van der Waals surface area contributed by atoms with Crippen LogP contribution in [0, 0.1) is 0 Å². The van der Waals surface area contributed by atoms with Crippen LogP contribution in [-0.4, -0.2) is 34.2 Å². The molecule has 6 nitrogen and oxygen atoms in total. The fourth-order valence-electron chi connectivity index (χ4n) is 2.50. The molecule has 1 aliphatic rings. The van der Waals surface area contributed by atoms with Gasteiger partial charge in [-0.05, 0) is 24.6 Å². The summed E-state index contributed by atoms with van der Waals surface area (Å²) in [6.07, 6.45) is -0.439. The quantitative estimate of drug-likeness (QED) is 0.860. The minimum atomic E-state index is -1.35. The summed E-state index contributed by atoms with van der Waals surface area (Å²) < 4.78 is 0. The molecule has 8 heteroatoms. The van der Waals surface area contributed by atoms with Crippen LogP contribution in [0.2, 0.25) is 10.0 Å². The molecule has 0 fully saturated rings. The highest BCUT2D eigenvalue weighted by molar-refractivity contribution is 6.35. The Labute approximate surface area is 141 Å². The average Bonchev–Trinajstić information content (AvgIpc) is 2.69. The zero-order chi connectivity index (χ0) is 17.3. The van der Waals surface area contributed by atoms with Crippen LogP contribution in [-0.2, 0) is 14.4 Å². The molecule has 1 aliphatic heterocycles. The molecule has 0 bridgehead atoms. The van der Waals surface area contributed by atoms with Gasteiger partial charge < -0.3 is 19.9 Å². The number of aliphatic carboxylic acids is 1. The van der Waals surface area contributed by atoms with E-state index in [9.17, 15) is 24.6 Å². The van der Waals surface area contributed by atoms with Crippen LogP contribution in [0.3, 0.4) is 0 Å². The van der Waals surface area contributed by atoms with Gasteiger partial charge in [-0.15, -0.1) is 0 Å². The highest BCUT2D eigenvalue weighted by Gasteiger charge is 2.42. The molecule has 1 amide bonds. The van der Waals surface area contributed by atoms with E-state index >= 15 is 0 Å². The molecule has 0 spiro atoms. The molecule has 0 aliphatic carbocycles. The number of aliphatic hydroxyl groups is 1. The number of nitrogens with zero attached hydrogens (tertiary/aromatic N) is 1. The van der Waals surface area contributed by atoms with Crippen LogP contribution in [0.4, 0.5) is 0 Å². The first-order chi connectivity index (χ1) is 10.7. The summed E-state index contributed by atoms with van der Waals surface area (Å²) in [4.78, 5) is 35.8. The fourth-order valence-corrected chi connectivity index (χ4v) is 3.01. The van der Waals surface area contributed by atoms with Gasteiger partial charge in [-0.2, -0.15) is 0 Å². The lowest BCUT2D eigenvalue weighted by molar-refractivity contribution is -0.305. The van der Waals surface area contributed by atoms with E-state index < -0.39 is 35.9 Å². The zero-order valence-electron chi connectivity index (χ0n) is 12.0. The second-order valence-electron chi connectivity index (χ2n) is 5.01. The molecule has 1 aromatic rings. The Morgan fingerprint density at radius 1 is 1.35 bits per heavy atom. The molecule has 23 heavy (non-hydrogen) atoms. The number of carbonyl (C=O) groups excluding carboxylic acids is 3. The maximum Gasteiger partial charge on any atom is 0.290 e. The smallest absolute Gasteiger partial charge is 0.290 e. The normalized spacial score (nSPS) is 17.8. The summed E-state index contributed by atoms with van der Waals surface area (Å²) in [6, 6.07) is 3.52. The van der Waals surface area contributed by atoms with Crippen LogP contribution >= 0.6 is 23.2 Å². The lowest BCUT2D eigenvalue weighted by Gasteiger charge is -2.27. The topological polar surface area (TPSA) is 97.7 Å². The molecule has 0 unspecified atom stereocenters. The van der Waals surface area contributed by atoms with Gasteiger partial charge in [0.25, 0.3) is 5.91 Å². The van der Waals surface area contributed by atoms with Crippen LogP contribution in [0.1, 0.15) is 24.9 Å². The molecular weight excluding hydrogens is 345 g/mol. The van der Waals surface area contributed by atoms with E-state index in [-0.39, 0.29) is 17.1 Å². The van der Waals surface area contributed by atoms with Crippen molar-refractivity contribution >= 4 is 40.9 Å². The summed E-state index contributed by atoms with van der Waals surface area (Å²) in [5.74, 6) is -3.39. The fraction of sp³-hybridized carbons (Fsp3) is 0.267. The monoisotopic (exact) mass is 356 g/mol. The van der Waals surface area contributed by atoms with E-state index in [1.165, 1.54) is 25.1 Å². The number of benzene rings is 1. The zero-order valence-corrected chi connectivity index (χ0v) is 13.5. The minimum Gasteiger partial charge on any atom is -0.550 e. The average molecular weight is 357 g/mol. The van der Waals surface area contributed by atoms with Crippen molar-refractivity contribution in [2.75, 3.05) is 6.54 Å². The number of Topliss-reactive ketones (excluding diaryl/α,β-unsaturated/α-hetero) is 1. The number of ketones is 1. The number of carbonyl (C=O) groups is 3. The van der Waals surface area contributed by atoms with Crippen LogP contribution in [0.5, 0.6) is 0 Å². The summed E-state index contributed by atoms with van der Waals surface area (Å²) >= 11 is 12.0. The third-order valence-electron chi connectivity index (χ3n) is 3.50. The van der Waals surface area contributed by atoms with Gasteiger partial charge in [0, 0.05) is 29.0 Å². The van der Waals surface area contributed by atoms with Gasteiger partial charge in [0.1, 0.15) is 0 Å². The van der Waals surface area contributed by atoms with Crippen molar-refractivity contribution in [3.8, 4) is 0 Å². The molecule has 2 rings (SSSR count). The third kappa shape index (κ3) is 3.33. The molecule has 0 saturated heterocycles. The van der Waals surface area contributed by atoms with Crippen molar-refractivity contribution < 1.29 is 24.6 Å². The lowest BCUT2D eigenvalue weighted by atomic mass is 9.96. The molecular formula is C15H12Cl2NO5-. The molecule has 122 valence electrons. The Morgan fingerprint density at radius 3 is 2.52 bits per heavy atom. The Bertz CT molecular complexity index is 729.